The highest BCUT2D eigenvalue weighted by Gasteiger charge is 2.22. The van der Waals surface area contributed by atoms with Crippen LogP contribution in [0, 0.1) is 5.82 Å². The van der Waals surface area contributed by atoms with E-state index >= 15 is 0 Å². The SMILES string of the molecule is Cn1cc(-c2ccc(Cn3nc(C(=O)NC4CCCCC4)c4ncccc43)c(F)c2)cn1. The molecule has 0 bridgehead atoms. The number of hydrogen-bond donors (Lipinski definition) is 1. The third kappa shape index (κ3) is 4.00. The molecular formula is C24H25FN6O. The molecule has 1 saturated carbocycles. The summed E-state index contributed by atoms with van der Waals surface area (Å²) in [7, 11) is 1.83. The van der Waals surface area contributed by atoms with Crippen LogP contribution in [0.2, 0.25) is 0 Å². The number of carbonyl (C=O) groups is 1. The van der Waals surface area contributed by atoms with Crippen molar-refractivity contribution in [1.82, 2.24) is 29.9 Å². The normalized spacial score (nSPS) is 14.7. The number of nitrogens with zero attached hydrogens (tertiary/aromatic N) is 5. The third-order valence-corrected chi connectivity index (χ3v) is 6.08. The molecular weight excluding hydrogens is 407 g/mol. The Bertz CT molecular complexity index is 1270. The van der Waals surface area contributed by atoms with E-state index in [2.05, 4.69) is 20.5 Å². The van der Waals surface area contributed by atoms with Crippen molar-refractivity contribution in [2.75, 3.05) is 0 Å². The van der Waals surface area contributed by atoms with Crippen molar-refractivity contribution >= 4 is 16.9 Å². The molecule has 1 N–H and O–H groups in total. The lowest BCUT2D eigenvalue weighted by atomic mass is 9.95. The van der Waals surface area contributed by atoms with Crippen LogP contribution in [0.3, 0.4) is 0 Å². The molecule has 164 valence electrons. The Morgan fingerprint density at radius 2 is 2.03 bits per heavy atom. The second kappa shape index (κ2) is 8.53. The largest absolute Gasteiger partial charge is 0.348 e. The Morgan fingerprint density at radius 1 is 1.19 bits per heavy atom. The fraction of sp³-hybridized carbons (Fsp3) is 0.333. The van der Waals surface area contributed by atoms with Gasteiger partial charge in [-0.3, -0.25) is 19.1 Å². The van der Waals surface area contributed by atoms with E-state index in [1.165, 1.54) is 12.5 Å². The predicted molar refractivity (Wildman–Crippen MR) is 120 cm³/mol. The van der Waals surface area contributed by atoms with Crippen molar-refractivity contribution in [3.8, 4) is 11.1 Å². The minimum Gasteiger partial charge on any atom is -0.348 e. The number of carbonyl (C=O) groups excluding carboxylic acids is 1. The first-order valence-electron chi connectivity index (χ1n) is 11.0. The number of aromatic nitrogens is 5. The van der Waals surface area contributed by atoms with Crippen LogP contribution in [0.15, 0.2) is 48.9 Å². The maximum absolute atomic E-state index is 14.9. The first kappa shape index (κ1) is 20.4. The summed E-state index contributed by atoms with van der Waals surface area (Å²) in [6.07, 6.45) is 10.7. The molecule has 3 heterocycles. The zero-order chi connectivity index (χ0) is 22.1. The molecule has 7 nitrogen and oxygen atoms in total. The van der Waals surface area contributed by atoms with Crippen molar-refractivity contribution in [2.24, 2.45) is 7.05 Å². The molecule has 3 aromatic heterocycles. The van der Waals surface area contributed by atoms with E-state index in [4.69, 9.17) is 0 Å². The van der Waals surface area contributed by atoms with Crippen molar-refractivity contribution in [3.63, 3.8) is 0 Å². The quantitative estimate of drug-likeness (QED) is 0.515. The molecule has 0 aliphatic heterocycles. The Balaban J connectivity index is 1.43. The highest BCUT2D eigenvalue weighted by molar-refractivity contribution is 6.03. The number of hydrogen-bond acceptors (Lipinski definition) is 4. The number of fused-ring (bicyclic) bond motifs is 1. The molecule has 1 aromatic carbocycles. The van der Waals surface area contributed by atoms with Gasteiger partial charge in [0, 0.05) is 36.6 Å². The zero-order valence-electron chi connectivity index (χ0n) is 18.0. The summed E-state index contributed by atoms with van der Waals surface area (Å²) in [4.78, 5) is 17.3. The van der Waals surface area contributed by atoms with Crippen LogP contribution in [-0.4, -0.2) is 36.5 Å². The smallest absolute Gasteiger partial charge is 0.274 e. The van der Waals surface area contributed by atoms with E-state index in [1.807, 2.05) is 25.4 Å². The predicted octanol–water partition coefficient (Wildman–Crippen LogP) is 4.08. The molecule has 8 heteroatoms. The Kier molecular flexibility index (Phi) is 5.43. The van der Waals surface area contributed by atoms with Crippen LogP contribution in [0.5, 0.6) is 0 Å². The molecule has 5 rings (SSSR count). The highest BCUT2D eigenvalue weighted by Crippen LogP contribution is 2.24. The van der Waals surface area contributed by atoms with Crippen LogP contribution < -0.4 is 5.32 Å². The van der Waals surface area contributed by atoms with Crippen molar-refractivity contribution < 1.29 is 9.18 Å². The second-order valence-corrected chi connectivity index (χ2v) is 8.39. The highest BCUT2D eigenvalue weighted by atomic mass is 19.1. The second-order valence-electron chi connectivity index (χ2n) is 8.39. The Labute approximate surface area is 185 Å². The maximum Gasteiger partial charge on any atom is 0.274 e. The summed E-state index contributed by atoms with van der Waals surface area (Å²) in [6, 6.07) is 8.96. The fourth-order valence-electron chi connectivity index (χ4n) is 4.37. The fourth-order valence-corrected chi connectivity index (χ4v) is 4.37. The molecule has 1 aliphatic rings. The van der Waals surface area contributed by atoms with Gasteiger partial charge in [0.2, 0.25) is 0 Å². The number of aryl methyl sites for hydroxylation is 1. The van der Waals surface area contributed by atoms with E-state index in [9.17, 15) is 9.18 Å². The number of halogens is 1. The van der Waals surface area contributed by atoms with E-state index in [0.717, 1.165) is 36.8 Å². The van der Waals surface area contributed by atoms with Crippen LogP contribution in [0.25, 0.3) is 22.2 Å². The van der Waals surface area contributed by atoms with Crippen LogP contribution in [-0.2, 0) is 13.6 Å². The van der Waals surface area contributed by atoms with Crippen molar-refractivity contribution in [1.29, 1.82) is 0 Å². The van der Waals surface area contributed by atoms with Gasteiger partial charge in [-0.1, -0.05) is 31.4 Å². The van der Waals surface area contributed by atoms with Gasteiger partial charge in [-0.05, 0) is 36.6 Å². The van der Waals surface area contributed by atoms with Gasteiger partial charge in [-0.25, -0.2) is 4.39 Å². The maximum atomic E-state index is 14.9. The van der Waals surface area contributed by atoms with Crippen LogP contribution >= 0.6 is 0 Å². The minimum absolute atomic E-state index is 0.178. The topological polar surface area (TPSA) is 77.6 Å². The van der Waals surface area contributed by atoms with Gasteiger partial charge in [0.15, 0.2) is 5.69 Å². The van der Waals surface area contributed by atoms with Gasteiger partial charge in [-0.15, -0.1) is 0 Å². The van der Waals surface area contributed by atoms with Gasteiger partial charge in [0.05, 0.1) is 18.3 Å². The number of rotatable bonds is 5. The summed E-state index contributed by atoms with van der Waals surface area (Å²) in [5.74, 6) is -0.543. The minimum atomic E-state index is -0.327. The molecule has 0 saturated heterocycles. The summed E-state index contributed by atoms with van der Waals surface area (Å²) in [5, 5.41) is 11.8. The van der Waals surface area contributed by atoms with Gasteiger partial charge >= 0.3 is 0 Å². The average molecular weight is 433 g/mol. The van der Waals surface area contributed by atoms with E-state index < -0.39 is 0 Å². The summed E-state index contributed by atoms with van der Waals surface area (Å²) < 4.78 is 18.3. The first-order chi connectivity index (χ1) is 15.6. The number of nitrogens with one attached hydrogen (secondary N) is 1. The summed E-state index contributed by atoms with van der Waals surface area (Å²) in [5.41, 5.74) is 3.64. The summed E-state index contributed by atoms with van der Waals surface area (Å²) >= 11 is 0. The monoisotopic (exact) mass is 432 g/mol. The van der Waals surface area contributed by atoms with Crippen molar-refractivity contribution in [2.45, 2.75) is 44.7 Å². The lowest BCUT2D eigenvalue weighted by Gasteiger charge is -2.22. The lowest BCUT2D eigenvalue weighted by molar-refractivity contribution is 0.0923. The van der Waals surface area contributed by atoms with E-state index in [1.54, 1.807) is 33.9 Å². The zero-order valence-corrected chi connectivity index (χ0v) is 18.0. The Morgan fingerprint density at radius 3 is 2.78 bits per heavy atom. The standard InChI is InChI=1S/C24H25FN6O/c1-30-14-18(13-27-30)16-9-10-17(20(25)12-16)15-31-21-8-5-11-26-22(21)23(29-31)24(32)28-19-6-3-2-4-7-19/h5,8-14,19H,2-4,6-7,15H2,1H3,(H,28,32). The third-order valence-electron chi connectivity index (χ3n) is 6.08. The molecule has 32 heavy (non-hydrogen) atoms. The molecule has 0 radical (unpaired) electrons. The molecule has 1 amide bonds. The summed E-state index contributed by atoms with van der Waals surface area (Å²) in [6.45, 7) is 0.206. The van der Waals surface area contributed by atoms with Crippen molar-refractivity contribution in [3.05, 3.63) is 66.0 Å². The Hall–Kier alpha value is -3.55. The number of benzene rings is 1. The molecule has 0 unspecified atom stereocenters. The van der Waals surface area contributed by atoms with Gasteiger partial charge in [0.1, 0.15) is 11.3 Å². The van der Waals surface area contributed by atoms with Crippen LogP contribution in [0.1, 0.15) is 48.2 Å². The van der Waals surface area contributed by atoms with Crippen LogP contribution in [0.4, 0.5) is 4.39 Å². The molecule has 4 aromatic rings. The average Bonchev–Trinajstić information content (AvgIpc) is 3.40. The van der Waals surface area contributed by atoms with E-state index in [0.29, 0.717) is 22.3 Å². The van der Waals surface area contributed by atoms with E-state index in [-0.39, 0.29) is 24.3 Å². The molecule has 0 spiro atoms. The number of amides is 1. The van der Waals surface area contributed by atoms with Gasteiger partial charge < -0.3 is 5.32 Å². The molecule has 1 aliphatic carbocycles. The van der Waals surface area contributed by atoms with Gasteiger partial charge in [0.25, 0.3) is 5.91 Å². The number of pyridine rings is 1. The first-order valence-corrected chi connectivity index (χ1v) is 11.0. The molecule has 0 atom stereocenters. The lowest BCUT2D eigenvalue weighted by Crippen LogP contribution is -2.36. The van der Waals surface area contributed by atoms with Gasteiger partial charge in [-0.2, -0.15) is 10.2 Å². The molecule has 1 fully saturated rings.